The highest BCUT2D eigenvalue weighted by Crippen LogP contribution is 2.43. The van der Waals surface area contributed by atoms with Gasteiger partial charge in [0.2, 0.25) is 0 Å². The van der Waals surface area contributed by atoms with Crippen molar-refractivity contribution >= 4 is 16.9 Å². The zero-order valence-electron chi connectivity index (χ0n) is 22.0. The second kappa shape index (κ2) is 12.7. The molecule has 40 heavy (non-hydrogen) atoms. The number of fused-ring (bicyclic) bond motifs is 1. The van der Waals surface area contributed by atoms with Gasteiger partial charge in [0.1, 0.15) is 17.7 Å². The molecular weight excluding hydrogens is 528 g/mol. The highest BCUT2D eigenvalue weighted by atomic mass is 19.2. The highest BCUT2D eigenvalue weighted by Gasteiger charge is 2.37. The number of methoxy groups -OCH3 is 1. The van der Waals surface area contributed by atoms with Gasteiger partial charge in [0.25, 0.3) is 0 Å². The van der Waals surface area contributed by atoms with E-state index in [4.69, 9.17) is 4.74 Å². The van der Waals surface area contributed by atoms with Gasteiger partial charge in [-0.15, -0.1) is 0 Å². The van der Waals surface area contributed by atoms with E-state index in [1.54, 1.807) is 18.2 Å². The third-order valence-corrected chi connectivity index (χ3v) is 7.57. The smallest absolute Gasteiger partial charge is 0.303 e. The number of aliphatic carboxylic acids is 1. The van der Waals surface area contributed by atoms with Gasteiger partial charge in [-0.2, -0.15) is 0 Å². The minimum Gasteiger partial charge on any atom is -0.497 e. The molecule has 2 aromatic carbocycles. The van der Waals surface area contributed by atoms with Crippen molar-refractivity contribution in [2.24, 2.45) is 5.41 Å². The third kappa shape index (κ3) is 6.72. The van der Waals surface area contributed by atoms with E-state index in [2.05, 4.69) is 16.8 Å². The number of carboxylic acids is 1. The summed E-state index contributed by atoms with van der Waals surface area (Å²) in [5, 5.41) is 20.0. The first-order valence-electron chi connectivity index (χ1n) is 12.9. The maximum absolute atomic E-state index is 15.9. The first-order valence-corrected chi connectivity index (χ1v) is 12.9. The highest BCUT2D eigenvalue weighted by molar-refractivity contribution is 5.85. The van der Waals surface area contributed by atoms with E-state index in [-0.39, 0.29) is 24.9 Å². The molecule has 0 unspecified atom stereocenters. The van der Waals surface area contributed by atoms with Crippen molar-refractivity contribution in [1.82, 2.24) is 9.88 Å². The predicted octanol–water partition coefficient (Wildman–Crippen LogP) is 5.55. The van der Waals surface area contributed by atoms with Crippen LogP contribution < -0.4 is 4.74 Å². The van der Waals surface area contributed by atoms with Crippen LogP contribution in [0.5, 0.6) is 5.75 Å². The number of ether oxygens (including phenoxy) is 1. The van der Waals surface area contributed by atoms with Crippen LogP contribution in [-0.2, 0) is 11.4 Å². The number of likely N-dealkylation sites (tertiary alicyclic amines) is 1. The lowest BCUT2D eigenvalue weighted by molar-refractivity contribution is -0.141. The van der Waals surface area contributed by atoms with Crippen LogP contribution in [0.3, 0.4) is 0 Å². The zero-order valence-corrected chi connectivity index (χ0v) is 22.0. The first-order chi connectivity index (χ1) is 19.1. The molecule has 2 heterocycles. The lowest BCUT2D eigenvalue weighted by Crippen LogP contribution is -2.41. The molecule has 1 aliphatic rings. The van der Waals surface area contributed by atoms with Crippen molar-refractivity contribution in [1.29, 1.82) is 0 Å². The van der Waals surface area contributed by atoms with E-state index in [0.29, 0.717) is 66.2 Å². The van der Waals surface area contributed by atoms with Crippen LogP contribution in [0.25, 0.3) is 10.9 Å². The van der Waals surface area contributed by atoms with Gasteiger partial charge in [-0.3, -0.25) is 14.7 Å². The van der Waals surface area contributed by atoms with Crippen LogP contribution in [0.1, 0.15) is 55.0 Å². The molecule has 6 nitrogen and oxygen atoms in total. The fourth-order valence-corrected chi connectivity index (χ4v) is 5.35. The molecule has 10 heteroatoms. The SMILES string of the molecule is COc1ccc2ncc(CO)c([C@H](F)CCC3(CC(=O)O)CCN(CC#Cc4cc(F)cc(F)c4F)CC3)c2c1. The number of carbonyl (C=O) groups is 1. The number of piperidine rings is 1. The fourth-order valence-electron chi connectivity index (χ4n) is 5.35. The number of aliphatic hydroxyl groups excluding tert-OH is 1. The average molecular weight is 559 g/mol. The number of rotatable bonds is 9. The Morgan fingerprint density at radius 1 is 1.20 bits per heavy atom. The van der Waals surface area contributed by atoms with E-state index in [0.717, 1.165) is 6.07 Å². The van der Waals surface area contributed by atoms with E-state index >= 15 is 4.39 Å². The molecule has 0 bridgehead atoms. The van der Waals surface area contributed by atoms with Gasteiger partial charge in [0.05, 0.1) is 37.8 Å². The Hall–Kier alpha value is -3.68. The van der Waals surface area contributed by atoms with Crippen molar-refractivity contribution in [3.05, 3.63) is 70.7 Å². The summed E-state index contributed by atoms with van der Waals surface area (Å²) in [6.07, 6.45) is 1.20. The normalized spacial score (nSPS) is 15.8. The molecule has 1 atom stereocenters. The lowest BCUT2D eigenvalue weighted by Gasteiger charge is -2.41. The number of alkyl halides is 1. The van der Waals surface area contributed by atoms with Crippen LogP contribution in [0.15, 0.2) is 36.5 Å². The summed E-state index contributed by atoms with van der Waals surface area (Å²) in [4.78, 5) is 18.0. The molecule has 4 rings (SSSR count). The summed E-state index contributed by atoms with van der Waals surface area (Å²) in [5.74, 6) is 1.31. The third-order valence-electron chi connectivity index (χ3n) is 7.57. The summed E-state index contributed by atoms with van der Waals surface area (Å²) in [7, 11) is 1.50. The summed E-state index contributed by atoms with van der Waals surface area (Å²) < 4.78 is 61.8. The zero-order chi connectivity index (χ0) is 28.9. The van der Waals surface area contributed by atoms with Crippen LogP contribution >= 0.6 is 0 Å². The number of nitrogens with zero attached hydrogens (tertiary/aromatic N) is 2. The Morgan fingerprint density at radius 2 is 1.95 bits per heavy atom. The number of hydrogen-bond acceptors (Lipinski definition) is 5. The van der Waals surface area contributed by atoms with E-state index in [9.17, 15) is 28.2 Å². The summed E-state index contributed by atoms with van der Waals surface area (Å²) in [5.41, 5.74) is 0.241. The standard InChI is InChI=1S/C30H30F4N2O4/c1-40-22-4-5-26-23(15-22)28(20(18-37)17-35-26)24(32)6-7-30(16-27(38)39)8-11-36(12-9-30)10-2-3-19-13-21(31)14-25(33)29(19)34/h4-5,13-15,17,24,37H,6-12,16,18H2,1H3,(H,38,39)/t24-/m1/s1. The van der Waals surface area contributed by atoms with Crippen LogP contribution in [0, 0.1) is 34.7 Å². The second-order valence-electron chi connectivity index (χ2n) is 10.1. The number of hydrogen-bond donors (Lipinski definition) is 2. The Morgan fingerprint density at radius 3 is 2.62 bits per heavy atom. The molecule has 0 amide bonds. The number of halogens is 4. The molecule has 1 aliphatic heterocycles. The van der Waals surface area contributed by atoms with Crippen molar-refractivity contribution in [2.75, 3.05) is 26.7 Å². The lowest BCUT2D eigenvalue weighted by atomic mass is 9.71. The molecular formula is C30H30F4N2O4. The number of carboxylic acid groups (broad SMARTS) is 1. The van der Waals surface area contributed by atoms with Gasteiger partial charge in [-0.05, 0) is 68.5 Å². The molecule has 1 fully saturated rings. The van der Waals surface area contributed by atoms with Crippen molar-refractivity contribution < 1.29 is 37.3 Å². The van der Waals surface area contributed by atoms with E-state index in [1.807, 2.05) is 4.90 Å². The Bertz CT molecular complexity index is 1440. The predicted molar refractivity (Wildman–Crippen MR) is 141 cm³/mol. The maximum atomic E-state index is 15.9. The molecule has 212 valence electrons. The van der Waals surface area contributed by atoms with Crippen LogP contribution in [-0.4, -0.2) is 52.8 Å². The minimum atomic E-state index is -1.46. The molecule has 1 saturated heterocycles. The molecule has 0 saturated carbocycles. The Kier molecular flexibility index (Phi) is 9.28. The monoisotopic (exact) mass is 558 g/mol. The van der Waals surface area contributed by atoms with Crippen molar-refractivity contribution in [3.8, 4) is 17.6 Å². The second-order valence-corrected chi connectivity index (χ2v) is 10.1. The van der Waals surface area contributed by atoms with Gasteiger partial charge in [-0.25, -0.2) is 17.6 Å². The van der Waals surface area contributed by atoms with Gasteiger partial charge in [0.15, 0.2) is 11.6 Å². The van der Waals surface area contributed by atoms with Gasteiger partial charge < -0.3 is 14.9 Å². The topological polar surface area (TPSA) is 82.9 Å². The molecule has 2 N–H and O–H groups in total. The summed E-state index contributed by atoms with van der Waals surface area (Å²) in [6.45, 7) is 0.780. The number of pyridine rings is 1. The van der Waals surface area contributed by atoms with E-state index < -0.39 is 41.6 Å². The fraction of sp³-hybridized carbons (Fsp3) is 0.400. The number of aliphatic hydroxyl groups is 1. The molecule has 0 radical (unpaired) electrons. The van der Waals surface area contributed by atoms with E-state index in [1.165, 1.54) is 13.3 Å². The first kappa shape index (κ1) is 29.3. The van der Waals surface area contributed by atoms with Crippen molar-refractivity contribution in [3.63, 3.8) is 0 Å². The Labute approximate surface area is 229 Å². The molecule has 0 aliphatic carbocycles. The largest absolute Gasteiger partial charge is 0.497 e. The van der Waals surface area contributed by atoms with Crippen LogP contribution in [0.2, 0.25) is 0 Å². The summed E-state index contributed by atoms with van der Waals surface area (Å²) >= 11 is 0. The van der Waals surface area contributed by atoms with Gasteiger partial charge in [-0.1, -0.05) is 11.8 Å². The van der Waals surface area contributed by atoms with Crippen molar-refractivity contribution in [2.45, 2.75) is 44.9 Å². The average Bonchev–Trinajstić information content (AvgIpc) is 2.94. The summed E-state index contributed by atoms with van der Waals surface area (Å²) in [6, 6.07) is 6.40. The quantitative estimate of drug-likeness (QED) is 0.204. The number of aromatic nitrogens is 1. The van der Waals surface area contributed by atoms with Gasteiger partial charge >= 0.3 is 5.97 Å². The molecule has 1 aromatic heterocycles. The molecule has 3 aromatic rings. The maximum Gasteiger partial charge on any atom is 0.303 e. The minimum absolute atomic E-state index is 0.0564. The van der Waals surface area contributed by atoms with Crippen LogP contribution in [0.4, 0.5) is 17.6 Å². The molecule has 0 spiro atoms. The Balaban J connectivity index is 1.46. The van der Waals surface area contributed by atoms with Gasteiger partial charge in [0, 0.05) is 28.8 Å². The number of benzene rings is 2.